The van der Waals surface area contributed by atoms with Crippen LogP contribution in [0, 0.1) is 0 Å². The van der Waals surface area contributed by atoms with E-state index in [4.69, 9.17) is 19.4 Å². The highest BCUT2D eigenvalue weighted by Crippen LogP contribution is 2.30. The van der Waals surface area contributed by atoms with Gasteiger partial charge in [0, 0.05) is 6.07 Å². The van der Waals surface area contributed by atoms with Crippen LogP contribution in [0.15, 0.2) is 102 Å². The Kier molecular flexibility index (Phi) is 9.83. The molecule has 0 fully saturated rings. The minimum Gasteiger partial charge on any atom is -0.469 e. The number of hydrogen-bond donors (Lipinski definition) is 1. The number of hydrogen-bond acceptors (Lipinski definition) is 7. The fraction of sp³-hybridized carbons (Fsp3) is 0.243. The van der Waals surface area contributed by atoms with Gasteiger partial charge in [-0.2, -0.15) is 0 Å². The van der Waals surface area contributed by atoms with E-state index >= 15 is 0 Å². The predicted molar refractivity (Wildman–Crippen MR) is 180 cm³/mol. The van der Waals surface area contributed by atoms with Crippen molar-refractivity contribution in [3.05, 3.63) is 114 Å². The van der Waals surface area contributed by atoms with Crippen molar-refractivity contribution in [1.82, 2.24) is 15.3 Å². The average molecular weight is 620 g/mol. The first kappa shape index (κ1) is 31.7. The van der Waals surface area contributed by atoms with Gasteiger partial charge in [0.2, 0.25) is 0 Å². The second-order valence-electron chi connectivity index (χ2n) is 11.6. The number of amides is 1. The zero-order valence-corrected chi connectivity index (χ0v) is 27.0. The molecule has 230 valence electrons. The third-order valence-electron chi connectivity index (χ3n) is 7.38. The molecule has 1 unspecified atom stereocenters. The lowest BCUT2D eigenvalue weighted by Gasteiger charge is -2.19. The number of thioether (sulfide) groups is 1. The van der Waals surface area contributed by atoms with Crippen molar-refractivity contribution in [3.63, 3.8) is 0 Å². The van der Waals surface area contributed by atoms with E-state index in [2.05, 4.69) is 38.2 Å². The van der Waals surface area contributed by atoms with Crippen molar-refractivity contribution in [1.29, 1.82) is 0 Å². The van der Waals surface area contributed by atoms with E-state index in [0.29, 0.717) is 27.6 Å². The van der Waals surface area contributed by atoms with Crippen molar-refractivity contribution in [3.8, 4) is 22.6 Å². The molecule has 7 nitrogen and oxygen atoms in total. The van der Waals surface area contributed by atoms with E-state index in [9.17, 15) is 9.59 Å². The minimum absolute atomic E-state index is 0.0262. The standard InChI is InChI=1S/C37H37N3O4S/c1-6-45-36-34(38-30-21-20-29(22-32(30)40-36)44-28-18-16-27(17-19-28)37(2,3)4)35(42)39-31(23-33(41)43-5)26-14-12-25(13-15-26)24-10-8-7-9-11-24/h7-22,31H,6,23H2,1-5H3,(H,39,42). The Morgan fingerprint density at radius 3 is 2.13 bits per heavy atom. The summed E-state index contributed by atoms with van der Waals surface area (Å²) in [5.74, 6) is 1.20. The lowest BCUT2D eigenvalue weighted by atomic mass is 9.87. The summed E-state index contributed by atoms with van der Waals surface area (Å²) in [6.45, 7) is 8.52. The van der Waals surface area contributed by atoms with Crippen molar-refractivity contribution in [2.24, 2.45) is 0 Å². The molecule has 8 heteroatoms. The van der Waals surface area contributed by atoms with Crippen LogP contribution in [0.2, 0.25) is 0 Å². The van der Waals surface area contributed by atoms with E-state index in [0.717, 1.165) is 22.4 Å². The number of nitrogens with one attached hydrogen (secondary N) is 1. The summed E-state index contributed by atoms with van der Waals surface area (Å²) >= 11 is 1.43. The second-order valence-corrected chi connectivity index (χ2v) is 12.9. The topological polar surface area (TPSA) is 90.4 Å². The summed E-state index contributed by atoms with van der Waals surface area (Å²) in [5.41, 5.74) is 5.57. The van der Waals surface area contributed by atoms with Crippen LogP contribution >= 0.6 is 11.8 Å². The van der Waals surface area contributed by atoms with Gasteiger partial charge < -0.3 is 14.8 Å². The number of fused-ring (bicyclic) bond motifs is 1. The number of aromatic nitrogens is 2. The third-order valence-corrected chi connectivity index (χ3v) is 8.23. The van der Waals surface area contributed by atoms with E-state index < -0.39 is 17.9 Å². The molecule has 0 radical (unpaired) electrons. The van der Waals surface area contributed by atoms with Crippen LogP contribution in [0.5, 0.6) is 11.5 Å². The molecular weight excluding hydrogens is 582 g/mol. The molecule has 1 aromatic heterocycles. The molecule has 1 amide bonds. The predicted octanol–water partition coefficient (Wildman–Crippen LogP) is 8.53. The SMILES string of the molecule is CCSc1nc2cc(Oc3ccc(C(C)(C)C)cc3)ccc2nc1C(=O)NC(CC(=O)OC)c1ccc(-c2ccccc2)cc1. The van der Waals surface area contributed by atoms with Crippen LogP contribution in [0.25, 0.3) is 22.2 Å². The van der Waals surface area contributed by atoms with Crippen LogP contribution in [0.3, 0.4) is 0 Å². The van der Waals surface area contributed by atoms with E-state index in [-0.39, 0.29) is 17.5 Å². The Morgan fingerprint density at radius 1 is 0.822 bits per heavy atom. The summed E-state index contributed by atoms with van der Waals surface area (Å²) in [4.78, 5) is 35.6. The van der Waals surface area contributed by atoms with Crippen LogP contribution in [-0.2, 0) is 14.9 Å². The molecule has 0 saturated heterocycles. The third kappa shape index (κ3) is 7.88. The molecule has 5 aromatic rings. The van der Waals surface area contributed by atoms with E-state index in [1.54, 1.807) is 6.07 Å². The maximum Gasteiger partial charge on any atom is 0.307 e. The Labute approximate surface area is 268 Å². The summed E-state index contributed by atoms with van der Waals surface area (Å²) < 4.78 is 11.1. The number of ether oxygens (including phenoxy) is 2. The Morgan fingerprint density at radius 2 is 1.49 bits per heavy atom. The van der Waals surface area contributed by atoms with Crippen LogP contribution < -0.4 is 10.1 Å². The zero-order valence-electron chi connectivity index (χ0n) is 26.2. The van der Waals surface area contributed by atoms with Gasteiger partial charge >= 0.3 is 5.97 Å². The maximum atomic E-state index is 13.7. The summed E-state index contributed by atoms with van der Waals surface area (Å²) in [6.07, 6.45) is -0.0262. The fourth-order valence-corrected chi connectivity index (χ4v) is 5.60. The number of nitrogens with zero attached hydrogens (tertiary/aromatic N) is 2. The van der Waals surface area contributed by atoms with Gasteiger partial charge in [0.25, 0.3) is 5.91 Å². The lowest BCUT2D eigenvalue weighted by Crippen LogP contribution is -2.31. The normalized spacial score (nSPS) is 12.0. The molecule has 1 N–H and O–H groups in total. The first-order chi connectivity index (χ1) is 21.6. The second kappa shape index (κ2) is 13.9. The van der Waals surface area contributed by atoms with Crippen molar-refractivity contribution >= 4 is 34.7 Å². The van der Waals surface area contributed by atoms with Crippen molar-refractivity contribution < 1.29 is 19.1 Å². The first-order valence-corrected chi connectivity index (χ1v) is 15.9. The molecule has 0 spiro atoms. The number of benzene rings is 4. The molecule has 0 aliphatic heterocycles. The molecule has 0 saturated carbocycles. The quantitative estimate of drug-likeness (QED) is 0.124. The van der Waals surface area contributed by atoms with Gasteiger partial charge in [0.1, 0.15) is 16.5 Å². The highest BCUT2D eigenvalue weighted by molar-refractivity contribution is 7.99. The fourth-order valence-electron chi connectivity index (χ4n) is 4.89. The van der Waals surface area contributed by atoms with E-state index in [1.807, 2.05) is 85.8 Å². The summed E-state index contributed by atoms with van der Waals surface area (Å²) in [5, 5.41) is 3.52. The van der Waals surface area contributed by atoms with Crippen LogP contribution in [0.1, 0.15) is 61.8 Å². The number of esters is 1. The Balaban J connectivity index is 1.40. The zero-order chi connectivity index (χ0) is 32.0. The molecule has 0 aliphatic rings. The van der Waals surface area contributed by atoms with Gasteiger partial charge in [0.05, 0.1) is 30.6 Å². The number of carbonyl (C=O) groups is 2. The van der Waals surface area contributed by atoms with Crippen LogP contribution in [-0.4, -0.2) is 34.7 Å². The average Bonchev–Trinajstić information content (AvgIpc) is 3.04. The van der Waals surface area contributed by atoms with Gasteiger partial charge in [-0.25, -0.2) is 9.97 Å². The minimum atomic E-state index is -0.618. The van der Waals surface area contributed by atoms with E-state index in [1.165, 1.54) is 24.4 Å². The molecule has 1 heterocycles. The van der Waals surface area contributed by atoms with Gasteiger partial charge in [-0.1, -0.05) is 94.4 Å². The van der Waals surface area contributed by atoms with Gasteiger partial charge in [-0.15, -0.1) is 11.8 Å². The molecule has 1 atom stereocenters. The Hall–Kier alpha value is -4.69. The van der Waals surface area contributed by atoms with Crippen LogP contribution in [0.4, 0.5) is 0 Å². The lowest BCUT2D eigenvalue weighted by molar-refractivity contribution is -0.141. The molecule has 45 heavy (non-hydrogen) atoms. The summed E-state index contributed by atoms with van der Waals surface area (Å²) in [6, 6.07) is 30.7. The molecule has 0 bridgehead atoms. The molecule has 5 rings (SSSR count). The van der Waals surface area contributed by atoms with Gasteiger partial charge in [-0.3, -0.25) is 9.59 Å². The monoisotopic (exact) mass is 619 g/mol. The number of rotatable bonds is 10. The highest BCUT2D eigenvalue weighted by atomic mass is 32.2. The van der Waals surface area contributed by atoms with Crippen molar-refractivity contribution in [2.45, 2.75) is 50.6 Å². The number of methoxy groups -OCH3 is 1. The van der Waals surface area contributed by atoms with Gasteiger partial charge in [-0.05, 0) is 57.7 Å². The maximum absolute atomic E-state index is 13.7. The largest absolute Gasteiger partial charge is 0.469 e. The van der Waals surface area contributed by atoms with Crippen molar-refractivity contribution in [2.75, 3.05) is 12.9 Å². The molecule has 4 aromatic carbocycles. The summed E-state index contributed by atoms with van der Waals surface area (Å²) in [7, 11) is 1.34. The molecule has 0 aliphatic carbocycles. The smallest absolute Gasteiger partial charge is 0.307 e. The Bertz CT molecular complexity index is 1780. The molecular formula is C37H37N3O4S. The van der Waals surface area contributed by atoms with Gasteiger partial charge in [0.15, 0.2) is 5.69 Å². The number of carbonyl (C=O) groups excluding carboxylic acids is 2. The first-order valence-electron chi connectivity index (χ1n) is 14.9. The highest BCUT2D eigenvalue weighted by Gasteiger charge is 2.24.